The van der Waals surface area contributed by atoms with Gasteiger partial charge >= 0.3 is 30.5 Å². The Kier molecular flexibility index (Phi) is 38.1. The van der Waals surface area contributed by atoms with E-state index in [0.717, 1.165) is 11.1 Å². The van der Waals surface area contributed by atoms with E-state index in [0.29, 0.717) is 22.3 Å². The summed E-state index contributed by atoms with van der Waals surface area (Å²) in [5, 5.41) is 41.8. The van der Waals surface area contributed by atoms with Crippen molar-refractivity contribution in [3.63, 3.8) is 0 Å². The Bertz CT molecular complexity index is 4810. The molecular formula is C101H146N6O26Si4. The predicted molar refractivity (Wildman–Crippen MR) is 523 cm³/mol. The molecule has 4 saturated heterocycles. The molecule has 8 N–H and O–H groups in total. The Labute approximate surface area is 811 Å². The molecule has 0 spiro atoms. The normalized spacial score (nSPS) is 26.4. The van der Waals surface area contributed by atoms with Crippen LogP contribution < -0.4 is 31.9 Å². The van der Waals surface area contributed by atoms with Crippen molar-refractivity contribution in [2.24, 2.45) is 0 Å². The minimum Gasteiger partial charge on any atom is -0.445 e. The Morgan fingerprint density at radius 3 is 1.28 bits per heavy atom. The van der Waals surface area contributed by atoms with Gasteiger partial charge in [-0.05, 0) is 113 Å². The fraction of sp³-hybridized carbons (Fsp3) is 0.564. The van der Waals surface area contributed by atoms with E-state index in [1.54, 1.807) is 60.7 Å². The van der Waals surface area contributed by atoms with Crippen LogP contribution in [0.2, 0.25) is 72.5 Å². The molecule has 36 heteroatoms. The van der Waals surface area contributed by atoms with Gasteiger partial charge in [-0.1, -0.05) is 271 Å². The summed E-state index contributed by atoms with van der Waals surface area (Å²) in [6, 6.07) is 48.9. The van der Waals surface area contributed by atoms with Crippen molar-refractivity contribution in [1.82, 2.24) is 31.9 Å². The maximum atomic E-state index is 15.3. The van der Waals surface area contributed by atoms with Gasteiger partial charge in [-0.15, -0.1) is 6.58 Å². The van der Waals surface area contributed by atoms with Crippen molar-refractivity contribution in [3.05, 3.63) is 228 Å². The number of aliphatic hydroxyl groups is 2. The van der Waals surface area contributed by atoms with Gasteiger partial charge in [-0.2, -0.15) is 0 Å². The number of rotatable bonds is 39. The van der Waals surface area contributed by atoms with Crippen molar-refractivity contribution in [2.45, 2.75) is 330 Å². The highest BCUT2D eigenvalue weighted by Gasteiger charge is 2.62. The second kappa shape index (κ2) is 48.1. The number of hydrogen-bond donors (Lipinski definition) is 8. The van der Waals surface area contributed by atoms with Crippen LogP contribution in [0.1, 0.15) is 136 Å². The van der Waals surface area contributed by atoms with E-state index in [2.05, 4.69) is 174 Å². The van der Waals surface area contributed by atoms with Crippen LogP contribution in [0.25, 0.3) is 0 Å². The Morgan fingerprint density at radius 1 is 0.431 bits per heavy atom. The zero-order chi connectivity index (χ0) is 99.4. The monoisotopic (exact) mass is 1970 g/mol. The SMILES string of the molecule is C=CCO[C@H]1[C@H](O[C@@H]2[C@@H](O)[C@H](NC(=O)[C@@H](O)CCNC(=O)OCc3ccccc3)C[C@H](NC(=O)OCc3ccccc3)[C@H]2O[C@H]2O[C@@H]3COC(c4ccccc4)O[C@H]3[C@H](O[Si](C)(C)C(C)(C)C)[C@H]2NC(=O)OCc2ccccc2)O[C@H](CO[Si](C)(C)C(C)(C)C)[C@H]1O[C@H]1O[C@@H](CNC(=O)OCc2ccccc2)[C@@H](O[Si](C)(C)C(C)(C)C)[C@H](O[Si](C)(C)C(C)(C)C)[C@H]1NC(=O)OCc1ccccc1. The summed E-state index contributed by atoms with van der Waals surface area (Å²) in [7, 11) is -12.0. The summed E-state index contributed by atoms with van der Waals surface area (Å²) in [4.78, 5) is 88.0. The molecule has 1 aliphatic carbocycles. The zero-order valence-electron chi connectivity index (χ0n) is 82.9. The highest BCUT2D eigenvalue weighted by atomic mass is 28.4. The van der Waals surface area contributed by atoms with Gasteiger partial charge in [-0.3, -0.25) is 4.79 Å². The predicted octanol–water partition coefficient (Wildman–Crippen LogP) is 15.9. The number of benzene rings is 6. The lowest BCUT2D eigenvalue weighted by atomic mass is 9.83. The average Bonchev–Trinajstić information content (AvgIpc) is 1.33. The van der Waals surface area contributed by atoms with E-state index in [9.17, 15) is 24.6 Å². The molecule has 4 heterocycles. The molecule has 6 aromatic rings. The van der Waals surface area contributed by atoms with Crippen molar-refractivity contribution >= 4 is 69.6 Å². The van der Waals surface area contributed by atoms with Gasteiger partial charge in [0.2, 0.25) is 5.91 Å². The minimum atomic E-state index is -3.10. The summed E-state index contributed by atoms with van der Waals surface area (Å²) in [5.41, 5.74) is 4.11. The topological polar surface area (TPSA) is 381 Å². The Morgan fingerprint density at radius 2 is 0.825 bits per heavy atom. The number of hydrogen-bond acceptors (Lipinski definition) is 26. The second-order valence-corrected chi connectivity index (χ2v) is 60.7. The zero-order valence-corrected chi connectivity index (χ0v) is 86.9. The summed E-state index contributed by atoms with van der Waals surface area (Å²) in [5.74, 6) is -1.01. The largest absolute Gasteiger partial charge is 0.445 e. The van der Waals surface area contributed by atoms with Gasteiger partial charge in [0.25, 0.3) is 0 Å². The molecule has 21 atom stereocenters. The first kappa shape index (κ1) is 109. The van der Waals surface area contributed by atoms with Gasteiger partial charge < -0.3 is 126 Å². The lowest BCUT2D eigenvalue weighted by Crippen LogP contribution is -2.72. The van der Waals surface area contributed by atoms with Crippen molar-refractivity contribution < 1.29 is 123 Å². The fourth-order valence-corrected chi connectivity index (χ4v) is 20.3. The van der Waals surface area contributed by atoms with Gasteiger partial charge in [0.1, 0.15) is 112 Å². The summed E-state index contributed by atoms with van der Waals surface area (Å²) >= 11 is 0. The Hall–Kier alpha value is -8.85. The maximum Gasteiger partial charge on any atom is 0.407 e. The Balaban J connectivity index is 1.07. The molecule has 6 aromatic carbocycles. The molecular weight excluding hydrogens is 1830 g/mol. The number of amides is 6. The van der Waals surface area contributed by atoms with Gasteiger partial charge in [-0.25, -0.2) is 24.0 Å². The molecule has 137 heavy (non-hydrogen) atoms. The third-order valence-corrected chi connectivity index (χ3v) is 45.3. The molecule has 1 unspecified atom stereocenters. The molecule has 0 radical (unpaired) electrons. The molecule has 0 bridgehead atoms. The summed E-state index contributed by atoms with van der Waals surface area (Å²) in [6.07, 6.45) is -28.2. The lowest BCUT2D eigenvalue weighted by Gasteiger charge is -2.53. The summed E-state index contributed by atoms with van der Waals surface area (Å²) in [6.45, 7) is 43.8. The van der Waals surface area contributed by atoms with Crippen molar-refractivity contribution in [2.75, 3.05) is 32.9 Å². The molecule has 5 aliphatic rings. The van der Waals surface area contributed by atoms with Crippen molar-refractivity contribution in [3.8, 4) is 0 Å². The van der Waals surface area contributed by atoms with E-state index >= 15 is 14.4 Å². The molecule has 752 valence electrons. The van der Waals surface area contributed by atoms with E-state index in [1.165, 1.54) is 6.08 Å². The highest BCUT2D eigenvalue weighted by Crippen LogP contribution is 2.48. The number of aliphatic hydroxyl groups excluding tert-OH is 2. The molecule has 4 aliphatic heterocycles. The first-order valence-electron chi connectivity index (χ1n) is 47.3. The van der Waals surface area contributed by atoms with Crippen LogP contribution in [0.3, 0.4) is 0 Å². The number of carbonyl (C=O) groups excluding carboxylic acids is 6. The van der Waals surface area contributed by atoms with Crippen LogP contribution in [-0.2, 0) is 122 Å². The first-order valence-corrected chi connectivity index (χ1v) is 58.9. The number of carbonyl (C=O) groups is 6. The van der Waals surface area contributed by atoms with Crippen LogP contribution >= 0.6 is 0 Å². The quantitative estimate of drug-likeness (QED) is 0.0101. The molecule has 1 saturated carbocycles. The van der Waals surface area contributed by atoms with Crippen molar-refractivity contribution in [1.29, 1.82) is 0 Å². The molecule has 6 amide bonds. The molecule has 0 aromatic heterocycles. The van der Waals surface area contributed by atoms with Gasteiger partial charge in [0.15, 0.2) is 58.4 Å². The second-order valence-electron chi connectivity index (χ2n) is 41.6. The summed E-state index contributed by atoms with van der Waals surface area (Å²) < 4.78 is 125. The first-order chi connectivity index (χ1) is 64.7. The number of nitrogens with one attached hydrogen (secondary N) is 6. The lowest BCUT2D eigenvalue weighted by molar-refractivity contribution is -0.357. The third-order valence-electron chi connectivity index (χ3n) is 27.4. The molecule has 5 fully saturated rings. The van der Waals surface area contributed by atoms with Crippen LogP contribution in [0.5, 0.6) is 0 Å². The van der Waals surface area contributed by atoms with Crippen LogP contribution in [0.4, 0.5) is 24.0 Å². The van der Waals surface area contributed by atoms with E-state index < -0.39 is 225 Å². The fourth-order valence-electron chi connectivity index (χ4n) is 15.3. The van der Waals surface area contributed by atoms with Gasteiger partial charge in [0, 0.05) is 18.7 Å². The maximum absolute atomic E-state index is 15.3. The van der Waals surface area contributed by atoms with Gasteiger partial charge in [0.05, 0.1) is 44.1 Å². The number of fused-ring (bicyclic) bond motifs is 1. The van der Waals surface area contributed by atoms with Crippen LogP contribution in [0, 0.1) is 0 Å². The number of ether oxygens (including phenoxy) is 14. The third kappa shape index (κ3) is 30.1. The van der Waals surface area contributed by atoms with E-state index in [1.807, 2.05) is 121 Å². The van der Waals surface area contributed by atoms with Crippen LogP contribution in [0.15, 0.2) is 195 Å². The van der Waals surface area contributed by atoms with E-state index in [4.69, 9.17) is 84.0 Å². The smallest absolute Gasteiger partial charge is 0.407 e. The van der Waals surface area contributed by atoms with Crippen LogP contribution in [-0.4, -0.2) is 235 Å². The average molecular weight is 1970 g/mol. The molecule has 32 nitrogen and oxygen atoms in total. The standard InChI is InChI=1S/C101H146N6O26Si4/c1-22-55-116-87-82(129-90-78(107-97(115)122-62-69-49-37-27-38-50-69)85(133-137(20,21)101(11,12)13)83(131-135(16,17)99(5,6)7)74(124-90)57-103-94(112)119-59-66-43-31-24-32-44-66)76(64-123-134(14,15)98(2,3)4)126-92(87)130-86-79(109)71(104-88(110)73(108)53-54-102-93(111)118-58-65-41-29-23-30-42-65)56-72(105-95(113)120-60-67-45-33-25-34-46-67)80(86)127-91-77(106-96(114)121-61-68-47-35-26-36-48-68)84(132-136(18,19)100(8,9)10)81-75(125-91)63-117-89(128-81)70-51-39-28-40-52-70/h22-52,71-87,89-92,108-109H,1,53-64H2,2-21H3,(H,102,111)(H,103,112)(H,104,110)(H,105,113)(H,106,114)(H,107,115)/t71-,72+,73+,74+,75-,76-,77-,78-,79+,80-,81-,82-,83-,84-,85-,86-,87-,89?,90-,91-,92+/m1/s1. The van der Waals surface area contributed by atoms with E-state index in [-0.39, 0.29) is 72.4 Å². The minimum absolute atomic E-state index is 0.0578. The highest BCUT2D eigenvalue weighted by molar-refractivity contribution is 6.75. The molecule has 11 rings (SSSR count). The number of alkyl carbamates (subject to hydrolysis) is 5.